The van der Waals surface area contributed by atoms with E-state index in [4.69, 9.17) is 11.6 Å². The highest BCUT2D eigenvalue weighted by Gasteiger charge is 2.07. The summed E-state index contributed by atoms with van der Waals surface area (Å²) < 4.78 is 0.789. The van der Waals surface area contributed by atoms with Crippen molar-refractivity contribution in [3.8, 4) is 0 Å². The van der Waals surface area contributed by atoms with Crippen LogP contribution in [0.2, 0.25) is 5.02 Å². The van der Waals surface area contributed by atoms with E-state index in [1.165, 1.54) is 6.21 Å². The van der Waals surface area contributed by atoms with E-state index in [-0.39, 0.29) is 0 Å². The molecule has 0 amide bonds. The number of hydrogen-bond donors (Lipinski definition) is 0. The summed E-state index contributed by atoms with van der Waals surface area (Å²) >= 11 is 6.03. The van der Waals surface area contributed by atoms with Crippen molar-refractivity contribution in [1.82, 2.24) is 0 Å². The first-order valence-corrected chi connectivity index (χ1v) is 5.67. The number of nitrogens with zero attached hydrogens (tertiary/aromatic N) is 1. The van der Waals surface area contributed by atoms with Crippen LogP contribution in [-0.2, 0) is 0 Å². The molecule has 86 valence electrons. The fraction of sp³-hybridized carbons (Fsp3) is 0.0714. The van der Waals surface area contributed by atoms with Crippen LogP contribution in [0, 0.1) is 12.1 Å². The van der Waals surface area contributed by atoms with Crippen molar-refractivity contribution in [2.24, 2.45) is 0 Å². The molecule has 0 saturated heterocycles. The second-order valence-electron chi connectivity index (χ2n) is 3.82. The van der Waals surface area contributed by atoms with Gasteiger partial charge in [-0.15, -0.1) is 0 Å². The first kappa shape index (κ1) is 11.7. The lowest BCUT2D eigenvalue weighted by molar-refractivity contribution is -0.354. The average molecular weight is 246 g/mol. The highest BCUT2D eigenvalue weighted by Crippen LogP contribution is 2.24. The molecule has 0 aliphatic heterocycles. The first-order chi connectivity index (χ1) is 8.16. The molecule has 2 aromatic rings. The molecule has 0 fully saturated rings. The zero-order valence-electron chi connectivity index (χ0n) is 9.43. The Morgan fingerprint density at radius 2 is 1.82 bits per heavy atom. The van der Waals surface area contributed by atoms with E-state index in [2.05, 4.69) is 0 Å². The molecule has 0 aromatic heterocycles. The van der Waals surface area contributed by atoms with E-state index >= 15 is 0 Å². The third-order valence-corrected chi connectivity index (χ3v) is 2.71. The minimum atomic E-state index is 0.459. The molecule has 0 unspecified atom stereocenters. The highest BCUT2D eigenvalue weighted by molar-refractivity contribution is 6.32. The lowest BCUT2D eigenvalue weighted by Crippen LogP contribution is -1.99. The van der Waals surface area contributed by atoms with Crippen molar-refractivity contribution < 1.29 is 4.74 Å². The van der Waals surface area contributed by atoms with E-state index in [9.17, 15) is 5.21 Å². The molecule has 2 aromatic carbocycles. The van der Waals surface area contributed by atoms with E-state index in [1.807, 2.05) is 43.3 Å². The number of hydrogen-bond acceptors (Lipinski definition) is 1. The van der Waals surface area contributed by atoms with Crippen LogP contribution in [0.5, 0.6) is 0 Å². The smallest absolute Gasteiger partial charge is 0.235 e. The van der Waals surface area contributed by atoms with Crippen LogP contribution in [0.15, 0.2) is 48.5 Å². The van der Waals surface area contributed by atoms with Gasteiger partial charge in [-0.2, -0.15) is 4.74 Å². The molecule has 0 atom stereocenters. The molecule has 17 heavy (non-hydrogen) atoms. The second kappa shape index (κ2) is 5.02. The van der Waals surface area contributed by atoms with Crippen LogP contribution in [-0.4, -0.2) is 11.0 Å². The van der Waals surface area contributed by atoms with Crippen molar-refractivity contribution in [3.05, 3.63) is 69.9 Å². The van der Waals surface area contributed by atoms with Gasteiger partial charge in [0.1, 0.15) is 5.02 Å². The van der Waals surface area contributed by atoms with Gasteiger partial charge in [0.15, 0.2) is 6.21 Å². The Labute approximate surface area is 105 Å². The average Bonchev–Trinajstić information content (AvgIpc) is 2.30. The van der Waals surface area contributed by atoms with Crippen LogP contribution in [0.4, 0.5) is 5.69 Å². The number of rotatable bonds is 2. The minimum absolute atomic E-state index is 0.459. The van der Waals surface area contributed by atoms with Gasteiger partial charge in [0.2, 0.25) is 5.69 Å². The fourth-order valence-electron chi connectivity index (χ4n) is 1.53. The molecule has 0 radical (unpaired) electrons. The molecule has 0 bridgehead atoms. The minimum Gasteiger partial charge on any atom is -0.618 e. The highest BCUT2D eigenvalue weighted by atomic mass is 35.5. The van der Waals surface area contributed by atoms with Gasteiger partial charge < -0.3 is 5.21 Å². The van der Waals surface area contributed by atoms with E-state index in [0.717, 1.165) is 15.9 Å². The second-order valence-corrected chi connectivity index (χ2v) is 4.23. The summed E-state index contributed by atoms with van der Waals surface area (Å²) in [6.07, 6.45) is 1.51. The van der Waals surface area contributed by atoms with Crippen molar-refractivity contribution in [2.75, 3.05) is 0 Å². The maximum absolute atomic E-state index is 11.9. The summed E-state index contributed by atoms with van der Waals surface area (Å²) in [6, 6.07) is 14.8. The molecular formula is C14H12ClNO. The van der Waals surface area contributed by atoms with Crippen LogP contribution in [0.1, 0.15) is 11.1 Å². The van der Waals surface area contributed by atoms with Crippen LogP contribution in [0.3, 0.4) is 0 Å². The molecule has 0 N–H and O–H groups in total. The summed E-state index contributed by atoms with van der Waals surface area (Å²) in [5.74, 6) is 0. The lowest BCUT2D eigenvalue weighted by Gasteiger charge is -2.05. The summed E-state index contributed by atoms with van der Waals surface area (Å²) in [7, 11) is 0. The Morgan fingerprint density at radius 1 is 1.12 bits per heavy atom. The van der Waals surface area contributed by atoms with Gasteiger partial charge in [-0.3, -0.25) is 0 Å². The van der Waals surface area contributed by atoms with E-state index < -0.39 is 0 Å². The topological polar surface area (TPSA) is 26.1 Å². The van der Waals surface area contributed by atoms with Crippen molar-refractivity contribution >= 4 is 23.5 Å². The standard InChI is InChI=1S/C14H12ClNO/c1-11-7-8-14(13(15)9-11)16(17)10-12-5-3-2-4-6-12/h2-10H,1H3. The monoisotopic (exact) mass is 245 g/mol. The normalized spacial score (nSPS) is 11.5. The Hall–Kier alpha value is -1.80. The Kier molecular flexibility index (Phi) is 3.45. The quantitative estimate of drug-likeness (QED) is 0.341. The van der Waals surface area contributed by atoms with E-state index in [0.29, 0.717) is 10.7 Å². The van der Waals surface area contributed by atoms with Crippen LogP contribution < -0.4 is 0 Å². The van der Waals surface area contributed by atoms with Gasteiger partial charge in [0.25, 0.3) is 0 Å². The third kappa shape index (κ3) is 2.86. The molecular weight excluding hydrogens is 234 g/mol. The lowest BCUT2D eigenvalue weighted by atomic mass is 10.2. The summed E-state index contributed by atoms with van der Waals surface area (Å²) in [6.45, 7) is 1.94. The van der Waals surface area contributed by atoms with E-state index in [1.54, 1.807) is 12.1 Å². The first-order valence-electron chi connectivity index (χ1n) is 5.29. The molecule has 3 heteroatoms. The number of aryl methyl sites for hydroxylation is 1. The third-order valence-electron chi connectivity index (χ3n) is 2.41. The zero-order chi connectivity index (χ0) is 12.3. The zero-order valence-corrected chi connectivity index (χ0v) is 10.2. The Balaban J connectivity index is 2.37. The Morgan fingerprint density at radius 3 is 2.47 bits per heavy atom. The van der Waals surface area contributed by atoms with Gasteiger partial charge >= 0.3 is 0 Å². The Bertz CT molecular complexity index is 549. The molecule has 0 aliphatic rings. The maximum atomic E-state index is 11.9. The van der Waals surface area contributed by atoms with Gasteiger partial charge in [-0.25, -0.2) is 0 Å². The maximum Gasteiger partial charge on any atom is 0.235 e. The SMILES string of the molecule is Cc1ccc([N+]([O-])=Cc2ccccc2)c(Cl)c1. The molecule has 0 spiro atoms. The van der Waals surface area contributed by atoms with Crippen LogP contribution >= 0.6 is 11.6 Å². The van der Waals surface area contributed by atoms with Gasteiger partial charge in [0, 0.05) is 11.6 Å². The van der Waals surface area contributed by atoms with Crippen molar-refractivity contribution in [1.29, 1.82) is 0 Å². The van der Waals surface area contributed by atoms with Crippen molar-refractivity contribution in [3.63, 3.8) is 0 Å². The molecule has 2 rings (SSSR count). The summed E-state index contributed by atoms with van der Waals surface area (Å²) in [5, 5.41) is 12.4. The fourth-order valence-corrected chi connectivity index (χ4v) is 1.85. The van der Waals surface area contributed by atoms with Gasteiger partial charge in [0.05, 0.1) is 0 Å². The molecule has 0 aliphatic carbocycles. The summed E-state index contributed by atoms with van der Waals surface area (Å²) in [5.41, 5.74) is 2.34. The van der Waals surface area contributed by atoms with Gasteiger partial charge in [-0.05, 0) is 30.7 Å². The predicted molar refractivity (Wildman–Crippen MR) is 71.1 cm³/mol. The summed E-state index contributed by atoms with van der Waals surface area (Å²) in [4.78, 5) is 0. The molecule has 0 heterocycles. The largest absolute Gasteiger partial charge is 0.618 e. The predicted octanol–water partition coefficient (Wildman–Crippen LogP) is 3.91. The molecule has 2 nitrogen and oxygen atoms in total. The van der Waals surface area contributed by atoms with Crippen LogP contribution in [0.25, 0.3) is 0 Å². The molecule has 0 saturated carbocycles. The van der Waals surface area contributed by atoms with Crippen molar-refractivity contribution in [2.45, 2.75) is 6.92 Å². The number of halogens is 1. The van der Waals surface area contributed by atoms with Gasteiger partial charge in [-0.1, -0.05) is 35.9 Å². The number of benzene rings is 2.